The van der Waals surface area contributed by atoms with Gasteiger partial charge in [0.1, 0.15) is 0 Å². The molecule has 0 fully saturated rings. The normalized spacial score (nSPS) is 11.1. The average Bonchev–Trinajstić information content (AvgIpc) is 2.45. The van der Waals surface area contributed by atoms with Crippen LogP contribution in [0.15, 0.2) is 32.6 Å². The first-order valence-electron chi connectivity index (χ1n) is 7.04. The second kappa shape index (κ2) is 7.28. The summed E-state index contributed by atoms with van der Waals surface area (Å²) in [6.07, 6.45) is 0. The Labute approximate surface area is 141 Å². The first-order valence-corrected chi connectivity index (χ1v) is 8.82. The van der Waals surface area contributed by atoms with Crippen LogP contribution in [0.5, 0.6) is 0 Å². The van der Waals surface area contributed by atoms with Crippen molar-refractivity contribution in [2.75, 3.05) is 5.75 Å². The zero-order valence-corrected chi connectivity index (χ0v) is 15.1. The maximum absolute atomic E-state index is 12.5. The largest absolute Gasteiger partial charge is 0.353 e. The molecular weight excluding hydrogens is 366 g/mol. The standard InChI is InChI=1S/C15H18BrN3O2S/c1-4-19-14(21)11-7-10(16)5-6-12(11)18-15(19)22-8-13(20)17-9(2)3/h5-7,9H,4,8H2,1-3H3,(H,17,20). The predicted molar refractivity (Wildman–Crippen MR) is 93.4 cm³/mol. The SMILES string of the molecule is CCn1c(SCC(=O)NC(C)C)nc2ccc(Br)cc2c1=O. The van der Waals surface area contributed by atoms with E-state index in [1.807, 2.05) is 26.8 Å². The smallest absolute Gasteiger partial charge is 0.262 e. The molecular formula is C15H18BrN3O2S. The van der Waals surface area contributed by atoms with E-state index in [2.05, 4.69) is 26.2 Å². The summed E-state index contributed by atoms with van der Waals surface area (Å²) in [5.41, 5.74) is 0.560. The lowest BCUT2D eigenvalue weighted by atomic mass is 10.2. The van der Waals surface area contributed by atoms with Gasteiger partial charge in [0.2, 0.25) is 5.91 Å². The minimum Gasteiger partial charge on any atom is -0.353 e. The number of nitrogens with zero attached hydrogens (tertiary/aromatic N) is 2. The first-order chi connectivity index (χ1) is 10.4. The van der Waals surface area contributed by atoms with Crippen molar-refractivity contribution in [3.8, 4) is 0 Å². The molecule has 0 bridgehead atoms. The van der Waals surface area contributed by atoms with Crippen molar-refractivity contribution in [1.29, 1.82) is 0 Å². The van der Waals surface area contributed by atoms with Crippen molar-refractivity contribution >= 4 is 44.5 Å². The van der Waals surface area contributed by atoms with E-state index < -0.39 is 0 Å². The fourth-order valence-electron chi connectivity index (χ4n) is 2.06. The molecule has 0 atom stereocenters. The van der Waals surface area contributed by atoms with Crippen molar-refractivity contribution in [2.24, 2.45) is 0 Å². The number of aromatic nitrogens is 2. The van der Waals surface area contributed by atoms with E-state index in [9.17, 15) is 9.59 Å². The summed E-state index contributed by atoms with van der Waals surface area (Å²) < 4.78 is 2.44. The Morgan fingerprint density at radius 2 is 2.18 bits per heavy atom. The highest BCUT2D eigenvalue weighted by atomic mass is 79.9. The third kappa shape index (κ3) is 3.89. The minimum absolute atomic E-state index is 0.0622. The van der Waals surface area contributed by atoms with E-state index >= 15 is 0 Å². The van der Waals surface area contributed by atoms with Crippen LogP contribution in [0.1, 0.15) is 20.8 Å². The Kier molecular flexibility index (Phi) is 5.63. The molecule has 22 heavy (non-hydrogen) atoms. The molecule has 1 N–H and O–H groups in total. The number of benzene rings is 1. The maximum Gasteiger partial charge on any atom is 0.262 e. The Morgan fingerprint density at radius 3 is 2.82 bits per heavy atom. The molecule has 0 saturated carbocycles. The van der Waals surface area contributed by atoms with Gasteiger partial charge in [-0.25, -0.2) is 4.98 Å². The molecule has 0 unspecified atom stereocenters. The highest BCUT2D eigenvalue weighted by molar-refractivity contribution is 9.10. The van der Waals surface area contributed by atoms with Crippen LogP contribution in [0.3, 0.4) is 0 Å². The topological polar surface area (TPSA) is 64.0 Å². The van der Waals surface area contributed by atoms with Gasteiger partial charge in [-0.05, 0) is 39.0 Å². The van der Waals surface area contributed by atoms with E-state index in [4.69, 9.17) is 0 Å². The van der Waals surface area contributed by atoms with Crippen LogP contribution in [0, 0.1) is 0 Å². The third-order valence-corrected chi connectivity index (χ3v) is 4.45. The molecule has 1 heterocycles. The van der Waals surface area contributed by atoms with Gasteiger partial charge in [0.05, 0.1) is 16.7 Å². The van der Waals surface area contributed by atoms with Crippen molar-refractivity contribution < 1.29 is 4.79 Å². The van der Waals surface area contributed by atoms with Gasteiger partial charge in [0, 0.05) is 17.1 Å². The molecule has 1 aromatic heterocycles. The Morgan fingerprint density at radius 1 is 1.45 bits per heavy atom. The summed E-state index contributed by atoms with van der Waals surface area (Å²) in [6, 6.07) is 5.53. The lowest BCUT2D eigenvalue weighted by Crippen LogP contribution is -2.32. The second-order valence-electron chi connectivity index (χ2n) is 5.12. The van der Waals surface area contributed by atoms with Crippen molar-refractivity contribution in [3.05, 3.63) is 33.0 Å². The maximum atomic E-state index is 12.5. The molecule has 0 radical (unpaired) electrons. The molecule has 0 spiro atoms. The predicted octanol–water partition coefficient (Wildman–Crippen LogP) is 2.80. The van der Waals surface area contributed by atoms with Crippen molar-refractivity contribution in [3.63, 3.8) is 0 Å². The fourth-order valence-corrected chi connectivity index (χ4v) is 3.29. The van der Waals surface area contributed by atoms with E-state index in [0.717, 1.165) is 4.47 Å². The third-order valence-electron chi connectivity index (χ3n) is 2.98. The summed E-state index contributed by atoms with van der Waals surface area (Å²) >= 11 is 4.65. The second-order valence-corrected chi connectivity index (χ2v) is 6.97. The van der Waals surface area contributed by atoms with Crippen LogP contribution < -0.4 is 10.9 Å². The van der Waals surface area contributed by atoms with E-state index in [0.29, 0.717) is 22.6 Å². The van der Waals surface area contributed by atoms with E-state index in [1.54, 1.807) is 16.7 Å². The van der Waals surface area contributed by atoms with Crippen molar-refractivity contribution in [2.45, 2.75) is 38.5 Å². The van der Waals surface area contributed by atoms with Gasteiger partial charge in [0.15, 0.2) is 5.16 Å². The molecule has 118 valence electrons. The van der Waals surface area contributed by atoms with Crippen LogP contribution in [0.25, 0.3) is 10.9 Å². The number of amides is 1. The molecule has 0 aliphatic heterocycles. The molecule has 1 amide bonds. The number of thioether (sulfide) groups is 1. The summed E-state index contributed by atoms with van der Waals surface area (Å²) in [5, 5.41) is 3.98. The first kappa shape index (κ1) is 17.0. The number of carbonyl (C=O) groups excluding carboxylic acids is 1. The van der Waals surface area contributed by atoms with Crippen LogP contribution >= 0.6 is 27.7 Å². The highest BCUT2D eigenvalue weighted by Gasteiger charge is 2.13. The molecule has 5 nitrogen and oxygen atoms in total. The number of nitrogens with one attached hydrogen (secondary N) is 1. The van der Waals surface area contributed by atoms with Crippen LogP contribution in [0.4, 0.5) is 0 Å². The molecule has 2 rings (SSSR count). The molecule has 0 aliphatic carbocycles. The number of carbonyl (C=O) groups is 1. The van der Waals surface area contributed by atoms with E-state index in [1.165, 1.54) is 11.8 Å². The minimum atomic E-state index is -0.0828. The molecule has 7 heteroatoms. The van der Waals surface area contributed by atoms with Gasteiger partial charge >= 0.3 is 0 Å². The zero-order chi connectivity index (χ0) is 16.3. The van der Waals surface area contributed by atoms with Gasteiger partial charge in [-0.2, -0.15) is 0 Å². The van der Waals surface area contributed by atoms with Crippen molar-refractivity contribution in [1.82, 2.24) is 14.9 Å². The fraction of sp³-hybridized carbons (Fsp3) is 0.400. The van der Waals surface area contributed by atoms with E-state index in [-0.39, 0.29) is 23.3 Å². The number of hydrogen-bond acceptors (Lipinski definition) is 4. The van der Waals surface area contributed by atoms with Gasteiger partial charge < -0.3 is 5.32 Å². The highest BCUT2D eigenvalue weighted by Crippen LogP contribution is 2.20. The molecule has 0 saturated heterocycles. The summed E-state index contributed by atoms with van der Waals surface area (Å²) in [5.74, 6) is 0.180. The number of rotatable bonds is 5. The van der Waals surface area contributed by atoms with Gasteiger partial charge in [0.25, 0.3) is 5.56 Å². The summed E-state index contributed by atoms with van der Waals surface area (Å²) in [7, 11) is 0. The molecule has 2 aromatic rings. The zero-order valence-electron chi connectivity index (χ0n) is 12.7. The summed E-state index contributed by atoms with van der Waals surface area (Å²) in [4.78, 5) is 28.8. The van der Waals surface area contributed by atoms with Crippen LogP contribution in [-0.2, 0) is 11.3 Å². The Bertz CT molecular complexity index is 758. The Balaban J connectivity index is 2.35. The van der Waals surface area contributed by atoms with Crippen LogP contribution in [-0.4, -0.2) is 27.3 Å². The number of halogens is 1. The Hall–Kier alpha value is -1.34. The quantitative estimate of drug-likeness (QED) is 0.636. The lowest BCUT2D eigenvalue weighted by Gasteiger charge is -2.12. The lowest BCUT2D eigenvalue weighted by molar-refractivity contribution is -0.119. The molecule has 0 aliphatic rings. The van der Waals surface area contributed by atoms with Gasteiger partial charge in [-0.1, -0.05) is 27.7 Å². The van der Waals surface area contributed by atoms with Gasteiger partial charge in [-0.15, -0.1) is 0 Å². The van der Waals surface area contributed by atoms with Crippen LogP contribution in [0.2, 0.25) is 0 Å². The van der Waals surface area contributed by atoms with Gasteiger partial charge in [-0.3, -0.25) is 14.2 Å². The number of fused-ring (bicyclic) bond motifs is 1. The summed E-state index contributed by atoms with van der Waals surface area (Å²) in [6.45, 7) is 6.24. The molecule has 1 aromatic carbocycles. The average molecular weight is 384 g/mol. The number of hydrogen-bond donors (Lipinski definition) is 1. The monoisotopic (exact) mass is 383 g/mol.